The number of carbonyl (C=O) groups is 1. The Kier molecular flexibility index (Phi) is 14.0. The van der Waals surface area contributed by atoms with Gasteiger partial charge in [0, 0.05) is 44.2 Å². The van der Waals surface area contributed by atoms with Gasteiger partial charge < -0.3 is 10.1 Å². The number of allylic oxidation sites excluding steroid dienone is 2. The van der Waals surface area contributed by atoms with Gasteiger partial charge in [0.05, 0.1) is 11.3 Å². The van der Waals surface area contributed by atoms with Gasteiger partial charge in [0.15, 0.2) is 5.78 Å². The van der Waals surface area contributed by atoms with Gasteiger partial charge in [0.25, 0.3) is 0 Å². The number of aryl methyl sites for hydroxylation is 2. The van der Waals surface area contributed by atoms with E-state index in [4.69, 9.17) is 0 Å². The number of hydrogen-bond donors (Lipinski definition) is 1. The Morgan fingerprint density at radius 3 is 2.00 bits per heavy atom. The average Bonchev–Trinajstić information content (AvgIpc) is 2.96. The molecule has 0 spiro atoms. The molecule has 1 radical (unpaired) electrons. The molecule has 3 aromatic carbocycles. The van der Waals surface area contributed by atoms with Gasteiger partial charge in [-0.2, -0.15) is 13.2 Å². The molecule has 1 N–H and O–H groups in total. The predicted molar refractivity (Wildman–Crippen MR) is 176 cm³/mol. The second-order valence-electron chi connectivity index (χ2n) is 11.9. The summed E-state index contributed by atoms with van der Waals surface area (Å²) in [7, 11) is 0. The Balaban J connectivity index is 0.000000378. The van der Waals surface area contributed by atoms with E-state index in [-0.39, 0.29) is 49.4 Å². The molecule has 4 rings (SSSR count). The normalized spacial score (nSPS) is 12.1. The van der Waals surface area contributed by atoms with Crippen molar-refractivity contribution in [1.29, 1.82) is 0 Å². The maximum atomic E-state index is 13.6. The minimum Gasteiger partial charge on any atom is -0.512 e. The molecule has 0 aliphatic carbocycles. The summed E-state index contributed by atoms with van der Waals surface area (Å²) in [6, 6.07) is 15.6. The third-order valence-electron chi connectivity index (χ3n) is 8.34. The fourth-order valence-corrected chi connectivity index (χ4v) is 5.79. The Hall–Kier alpha value is -3.02. The maximum Gasteiger partial charge on any atom is 0.416 e. The summed E-state index contributed by atoms with van der Waals surface area (Å²) in [5.41, 5.74) is 3.77. The second kappa shape index (κ2) is 16.5. The molecule has 245 valence electrons. The Morgan fingerprint density at radius 2 is 1.47 bits per heavy atom. The molecule has 0 saturated heterocycles. The van der Waals surface area contributed by atoms with E-state index in [2.05, 4.69) is 11.1 Å². The van der Waals surface area contributed by atoms with E-state index in [1.54, 1.807) is 12.3 Å². The minimum atomic E-state index is -4.39. The summed E-state index contributed by atoms with van der Waals surface area (Å²) < 4.78 is 40.7. The van der Waals surface area contributed by atoms with Crippen LogP contribution in [0.5, 0.6) is 0 Å². The molecule has 0 fully saturated rings. The summed E-state index contributed by atoms with van der Waals surface area (Å²) in [6.45, 7) is 15.9. The van der Waals surface area contributed by atoms with Crippen LogP contribution in [0.1, 0.15) is 95.4 Å². The molecule has 1 heterocycles. The van der Waals surface area contributed by atoms with Crippen LogP contribution in [0.2, 0.25) is 0 Å². The van der Waals surface area contributed by atoms with Crippen LogP contribution in [-0.4, -0.2) is 15.9 Å². The molecule has 0 unspecified atom stereocenters. The van der Waals surface area contributed by atoms with Gasteiger partial charge in [-0.05, 0) is 82.6 Å². The van der Waals surface area contributed by atoms with Crippen molar-refractivity contribution >= 4 is 27.3 Å². The molecule has 45 heavy (non-hydrogen) atoms. The number of pyridine rings is 1. The smallest absolute Gasteiger partial charge is 0.416 e. The number of rotatable bonds is 9. The Labute approximate surface area is 279 Å². The molecule has 0 aliphatic rings. The van der Waals surface area contributed by atoms with Crippen LogP contribution in [0, 0.1) is 31.7 Å². The van der Waals surface area contributed by atoms with Gasteiger partial charge in [-0.3, -0.25) is 4.79 Å². The van der Waals surface area contributed by atoms with E-state index in [1.165, 1.54) is 18.2 Å². The number of fused-ring (bicyclic) bond motifs is 3. The summed E-state index contributed by atoms with van der Waals surface area (Å²) in [6.07, 6.45) is 2.18. The number of aliphatic hydroxyl groups is 1. The average molecular weight is 797 g/mol. The van der Waals surface area contributed by atoms with Crippen LogP contribution < -0.4 is 0 Å². The number of hydrogen-bond acceptors (Lipinski definition) is 3. The number of alkyl halides is 3. The zero-order valence-corrected chi connectivity index (χ0v) is 29.9. The van der Waals surface area contributed by atoms with Crippen molar-refractivity contribution in [1.82, 2.24) is 4.98 Å². The molecule has 0 aliphatic heterocycles. The Morgan fingerprint density at radius 1 is 0.867 bits per heavy atom. The van der Waals surface area contributed by atoms with Crippen molar-refractivity contribution in [2.75, 3.05) is 0 Å². The van der Waals surface area contributed by atoms with Gasteiger partial charge in [0.2, 0.25) is 0 Å². The van der Waals surface area contributed by atoms with E-state index >= 15 is 0 Å². The molecule has 3 nitrogen and oxygen atoms in total. The fraction of sp³-hybridized carbons (Fsp3) is 0.421. The van der Waals surface area contributed by atoms with Crippen LogP contribution in [0.4, 0.5) is 13.2 Å². The summed E-state index contributed by atoms with van der Waals surface area (Å²) >= 11 is 0. The Bertz CT molecular complexity index is 1610. The summed E-state index contributed by atoms with van der Waals surface area (Å²) in [5, 5.41) is 12.8. The predicted octanol–water partition coefficient (Wildman–Crippen LogP) is 11.5. The number of aromatic nitrogens is 1. The second-order valence-corrected chi connectivity index (χ2v) is 11.9. The molecule has 0 saturated carbocycles. The first kappa shape index (κ1) is 38.2. The number of ketones is 1. The van der Waals surface area contributed by atoms with E-state index in [1.807, 2.05) is 79.7 Å². The first-order valence-corrected chi connectivity index (χ1v) is 15.6. The van der Waals surface area contributed by atoms with E-state index < -0.39 is 11.7 Å². The number of nitrogens with zero attached hydrogens (tertiary/aromatic N) is 1. The van der Waals surface area contributed by atoms with Crippen LogP contribution in [0.3, 0.4) is 0 Å². The fourth-order valence-electron chi connectivity index (χ4n) is 5.79. The molecule has 0 atom stereocenters. The van der Waals surface area contributed by atoms with Gasteiger partial charge in [0.1, 0.15) is 0 Å². The van der Waals surface area contributed by atoms with Crippen molar-refractivity contribution in [3.05, 3.63) is 88.8 Å². The number of halogens is 3. The molecular weight excluding hydrogens is 752 g/mol. The first-order chi connectivity index (χ1) is 20.7. The molecule has 0 bridgehead atoms. The number of aliphatic hydroxyl groups excluding tert-OH is 1. The molecular formula is C38H45F3IrNO2-. The molecule has 0 amide bonds. The van der Waals surface area contributed by atoms with Crippen molar-refractivity contribution < 1.29 is 43.2 Å². The number of carbonyl (C=O) groups excluding carboxylic acids is 1. The quantitative estimate of drug-likeness (QED) is 0.0794. The van der Waals surface area contributed by atoms with E-state index in [0.717, 1.165) is 64.2 Å². The third-order valence-corrected chi connectivity index (χ3v) is 8.34. The molecule has 1 aromatic heterocycles. The van der Waals surface area contributed by atoms with Crippen LogP contribution in [-0.2, 0) is 31.1 Å². The van der Waals surface area contributed by atoms with Crippen LogP contribution in [0.25, 0.3) is 32.8 Å². The van der Waals surface area contributed by atoms with E-state index in [9.17, 15) is 23.1 Å². The SMILES string of the molecule is CCC(CC)C(=O)C=C(O)C(CC)CC.Cc1[c-]c(-c2nccc3c2ccc2c(C(C)C)cc(C(F)(F)F)cc23)cc(C)c1.[Ir]. The molecule has 7 heteroatoms. The van der Waals surface area contributed by atoms with Crippen LogP contribution >= 0.6 is 0 Å². The summed E-state index contributed by atoms with van der Waals surface area (Å²) in [5.74, 6) is 0.525. The largest absolute Gasteiger partial charge is 0.512 e. The first-order valence-electron chi connectivity index (χ1n) is 15.6. The number of benzene rings is 3. The van der Waals surface area contributed by atoms with Gasteiger partial charge in [-0.15, -0.1) is 34.9 Å². The summed E-state index contributed by atoms with van der Waals surface area (Å²) in [4.78, 5) is 16.3. The minimum absolute atomic E-state index is 0. The van der Waals surface area contributed by atoms with E-state index in [0.29, 0.717) is 10.9 Å². The standard InChI is InChI=1S/C25H21F3N.C13H24O2.Ir/c1-14(2)22-12-18(25(26,27)28)13-23-19(22)5-6-21-20(23)7-8-29-24(21)17-10-15(3)9-16(4)11-17;1-5-10(6-2)12(14)9-13(15)11(7-3)8-4;/h5-10,12-14H,1-4H3;9-11,14H,5-8H2,1-4H3;/q-1;;. The van der Waals surface area contributed by atoms with Gasteiger partial charge in [-0.1, -0.05) is 67.5 Å². The molecule has 4 aromatic rings. The van der Waals surface area contributed by atoms with Gasteiger partial charge >= 0.3 is 6.18 Å². The van der Waals surface area contributed by atoms with Crippen LogP contribution in [0.15, 0.2) is 60.5 Å². The van der Waals surface area contributed by atoms with Crippen molar-refractivity contribution in [2.24, 2.45) is 11.8 Å². The maximum absolute atomic E-state index is 13.6. The zero-order chi connectivity index (χ0) is 32.8. The zero-order valence-electron chi connectivity index (χ0n) is 27.5. The topological polar surface area (TPSA) is 50.2 Å². The van der Waals surface area contributed by atoms with Crippen molar-refractivity contribution in [3.63, 3.8) is 0 Å². The monoisotopic (exact) mass is 797 g/mol. The third kappa shape index (κ3) is 9.26. The van der Waals surface area contributed by atoms with Gasteiger partial charge in [-0.25, -0.2) is 0 Å². The van der Waals surface area contributed by atoms with Crippen molar-refractivity contribution in [2.45, 2.75) is 93.2 Å². The van der Waals surface area contributed by atoms with Crippen molar-refractivity contribution in [3.8, 4) is 11.3 Å².